The van der Waals surface area contributed by atoms with E-state index in [2.05, 4.69) is 31.3 Å². The molecule has 1 aromatic carbocycles. The molecule has 0 atom stereocenters. The molecular weight excluding hydrogens is 210 g/mol. The van der Waals surface area contributed by atoms with Gasteiger partial charge in [-0.2, -0.15) is 0 Å². The van der Waals surface area contributed by atoms with Crippen LogP contribution in [-0.2, 0) is 6.54 Å². The molecule has 2 heterocycles. The average Bonchev–Trinajstić information content (AvgIpc) is 2.71. The molecule has 90 valence electrons. The van der Waals surface area contributed by atoms with Crippen LogP contribution in [0.15, 0.2) is 34.7 Å². The number of para-hydroxylation sites is 1. The van der Waals surface area contributed by atoms with E-state index in [9.17, 15) is 0 Å². The Labute approximate surface area is 102 Å². The number of rotatable bonds is 2. The SMILES string of the molecule is C[N+]1(Cc2cc3ccccc3o2)CCCCC1. The van der Waals surface area contributed by atoms with Crippen LogP contribution in [0.3, 0.4) is 0 Å². The molecule has 17 heavy (non-hydrogen) atoms. The molecule has 2 aromatic rings. The van der Waals surface area contributed by atoms with E-state index in [1.54, 1.807) is 0 Å². The van der Waals surface area contributed by atoms with E-state index in [1.165, 1.54) is 37.7 Å². The van der Waals surface area contributed by atoms with E-state index in [-0.39, 0.29) is 0 Å². The molecule has 0 bridgehead atoms. The number of piperidine rings is 1. The van der Waals surface area contributed by atoms with Crippen LogP contribution in [0, 0.1) is 0 Å². The number of quaternary nitrogens is 1. The number of benzene rings is 1. The molecule has 0 aliphatic carbocycles. The molecule has 1 aliphatic rings. The molecule has 1 aromatic heterocycles. The summed E-state index contributed by atoms with van der Waals surface area (Å²) in [5.41, 5.74) is 1.02. The van der Waals surface area contributed by atoms with Gasteiger partial charge < -0.3 is 8.90 Å². The highest BCUT2D eigenvalue weighted by Gasteiger charge is 2.26. The summed E-state index contributed by atoms with van der Waals surface area (Å²) >= 11 is 0. The summed E-state index contributed by atoms with van der Waals surface area (Å²) in [6.07, 6.45) is 4.11. The van der Waals surface area contributed by atoms with Crippen LogP contribution in [0.4, 0.5) is 0 Å². The van der Waals surface area contributed by atoms with Gasteiger partial charge in [-0.15, -0.1) is 0 Å². The molecule has 3 rings (SSSR count). The largest absolute Gasteiger partial charge is 0.455 e. The van der Waals surface area contributed by atoms with Crippen molar-refractivity contribution in [1.29, 1.82) is 0 Å². The summed E-state index contributed by atoms with van der Waals surface area (Å²) in [5.74, 6) is 1.13. The fourth-order valence-corrected chi connectivity index (χ4v) is 2.92. The van der Waals surface area contributed by atoms with Crippen LogP contribution in [0.2, 0.25) is 0 Å². The molecule has 0 N–H and O–H groups in total. The van der Waals surface area contributed by atoms with Crippen molar-refractivity contribution in [3.05, 3.63) is 36.1 Å². The predicted molar refractivity (Wildman–Crippen MR) is 69.7 cm³/mol. The highest BCUT2D eigenvalue weighted by atomic mass is 16.3. The monoisotopic (exact) mass is 230 g/mol. The van der Waals surface area contributed by atoms with Gasteiger partial charge in [0.05, 0.1) is 20.1 Å². The third-order valence-corrected chi connectivity index (χ3v) is 3.91. The van der Waals surface area contributed by atoms with Crippen molar-refractivity contribution in [2.75, 3.05) is 20.1 Å². The number of nitrogens with zero attached hydrogens (tertiary/aromatic N) is 1. The van der Waals surface area contributed by atoms with Gasteiger partial charge in [0.1, 0.15) is 12.1 Å². The number of likely N-dealkylation sites (tertiary alicyclic amines) is 1. The Morgan fingerprint density at radius 1 is 1.12 bits per heavy atom. The fourth-order valence-electron chi connectivity index (χ4n) is 2.92. The average molecular weight is 230 g/mol. The van der Waals surface area contributed by atoms with Crippen LogP contribution in [0.1, 0.15) is 25.0 Å². The molecule has 1 aliphatic heterocycles. The minimum atomic E-state index is 1.02. The first kappa shape index (κ1) is 10.8. The molecule has 0 amide bonds. The molecule has 1 saturated heterocycles. The van der Waals surface area contributed by atoms with Crippen LogP contribution in [0.5, 0.6) is 0 Å². The van der Waals surface area contributed by atoms with Crippen LogP contribution < -0.4 is 0 Å². The molecule has 0 spiro atoms. The van der Waals surface area contributed by atoms with Crippen LogP contribution in [-0.4, -0.2) is 24.6 Å². The lowest BCUT2D eigenvalue weighted by Gasteiger charge is -2.36. The zero-order valence-electron chi connectivity index (χ0n) is 10.5. The number of furan rings is 1. The van der Waals surface area contributed by atoms with E-state index in [4.69, 9.17) is 4.42 Å². The Balaban J connectivity index is 1.84. The van der Waals surface area contributed by atoms with Gasteiger partial charge in [0.2, 0.25) is 0 Å². The second-order valence-electron chi connectivity index (χ2n) is 5.54. The minimum absolute atomic E-state index is 1.02. The zero-order valence-corrected chi connectivity index (χ0v) is 10.5. The Hall–Kier alpha value is -1.28. The molecule has 0 unspecified atom stereocenters. The summed E-state index contributed by atoms with van der Waals surface area (Å²) in [5, 5.41) is 1.23. The highest BCUT2D eigenvalue weighted by molar-refractivity contribution is 5.77. The maximum atomic E-state index is 5.92. The Morgan fingerprint density at radius 3 is 2.65 bits per heavy atom. The number of hydrogen-bond acceptors (Lipinski definition) is 1. The van der Waals surface area contributed by atoms with E-state index < -0.39 is 0 Å². The normalized spacial score (nSPS) is 19.6. The lowest BCUT2D eigenvalue weighted by Crippen LogP contribution is -2.46. The molecule has 1 fully saturated rings. The maximum absolute atomic E-state index is 5.92. The van der Waals surface area contributed by atoms with Crippen molar-refractivity contribution in [2.24, 2.45) is 0 Å². The van der Waals surface area contributed by atoms with Gasteiger partial charge >= 0.3 is 0 Å². The van der Waals surface area contributed by atoms with Crippen molar-refractivity contribution < 1.29 is 8.90 Å². The minimum Gasteiger partial charge on any atom is -0.455 e. The smallest absolute Gasteiger partial charge is 0.159 e. The summed E-state index contributed by atoms with van der Waals surface area (Å²) in [4.78, 5) is 0. The second-order valence-corrected chi connectivity index (χ2v) is 5.54. The predicted octanol–water partition coefficient (Wildman–Crippen LogP) is 3.56. The summed E-state index contributed by atoms with van der Waals surface area (Å²) in [7, 11) is 2.35. The Morgan fingerprint density at radius 2 is 1.88 bits per heavy atom. The summed E-state index contributed by atoms with van der Waals surface area (Å²) < 4.78 is 7.06. The van der Waals surface area contributed by atoms with Crippen molar-refractivity contribution >= 4 is 11.0 Å². The Bertz CT molecular complexity index is 475. The van der Waals surface area contributed by atoms with Gasteiger partial charge in [0, 0.05) is 5.39 Å². The fraction of sp³-hybridized carbons (Fsp3) is 0.467. The second kappa shape index (κ2) is 4.19. The van der Waals surface area contributed by atoms with Crippen molar-refractivity contribution in [2.45, 2.75) is 25.8 Å². The lowest BCUT2D eigenvalue weighted by molar-refractivity contribution is -0.927. The standard InChI is InChI=1S/C15H20NO/c1-16(9-5-2-6-10-16)12-14-11-13-7-3-4-8-15(13)17-14/h3-4,7-8,11H,2,5-6,9-10,12H2,1H3/q+1. The lowest BCUT2D eigenvalue weighted by atomic mass is 10.1. The van der Waals surface area contributed by atoms with Crippen LogP contribution >= 0.6 is 0 Å². The van der Waals surface area contributed by atoms with Crippen molar-refractivity contribution in [3.8, 4) is 0 Å². The molecule has 0 radical (unpaired) electrons. The van der Waals surface area contributed by atoms with Crippen LogP contribution in [0.25, 0.3) is 11.0 Å². The molecular formula is C15H20NO+. The van der Waals surface area contributed by atoms with Gasteiger partial charge in [-0.3, -0.25) is 0 Å². The van der Waals surface area contributed by atoms with Gasteiger partial charge in [-0.1, -0.05) is 18.2 Å². The van der Waals surface area contributed by atoms with E-state index in [0.29, 0.717) is 0 Å². The number of hydrogen-bond donors (Lipinski definition) is 0. The quantitative estimate of drug-likeness (QED) is 0.719. The van der Waals surface area contributed by atoms with E-state index in [0.717, 1.165) is 22.4 Å². The van der Waals surface area contributed by atoms with Gasteiger partial charge in [-0.25, -0.2) is 0 Å². The number of fused-ring (bicyclic) bond motifs is 1. The zero-order chi connectivity index (χ0) is 11.7. The first-order valence-corrected chi connectivity index (χ1v) is 6.56. The van der Waals surface area contributed by atoms with Gasteiger partial charge in [0.15, 0.2) is 5.76 Å². The first-order valence-electron chi connectivity index (χ1n) is 6.56. The van der Waals surface area contributed by atoms with Crippen molar-refractivity contribution in [3.63, 3.8) is 0 Å². The first-order chi connectivity index (χ1) is 8.25. The van der Waals surface area contributed by atoms with E-state index >= 15 is 0 Å². The summed E-state index contributed by atoms with van der Waals surface area (Å²) in [6.45, 7) is 3.61. The molecule has 2 heteroatoms. The Kier molecular flexibility index (Phi) is 2.67. The maximum Gasteiger partial charge on any atom is 0.159 e. The third kappa shape index (κ3) is 2.22. The molecule has 0 saturated carbocycles. The third-order valence-electron chi connectivity index (χ3n) is 3.91. The topological polar surface area (TPSA) is 13.1 Å². The van der Waals surface area contributed by atoms with Crippen molar-refractivity contribution in [1.82, 2.24) is 0 Å². The highest BCUT2D eigenvalue weighted by Crippen LogP contribution is 2.24. The van der Waals surface area contributed by atoms with Gasteiger partial charge in [0.25, 0.3) is 0 Å². The van der Waals surface area contributed by atoms with Gasteiger partial charge in [-0.05, 0) is 31.4 Å². The molecule has 2 nitrogen and oxygen atoms in total. The summed E-state index contributed by atoms with van der Waals surface area (Å²) in [6, 6.07) is 10.5. The van der Waals surface area contributed by atoms with E-state index in [1.807, 2.05) is 6.07 Å².